The molecule has 1 aliphatic rings. The van der Waals surface area contributed by atoms with Gasteiger partial charge < -0.3 is 15.2 Å². The second-order valence-electron chi connectivity index (χ2n) is 5.91. The first-order chi connectivity index (χ1) is 13.9. The number of hydrogen-bond acceptors (Lipinski definition) is 6. The van der Waals surface area contributed by atoms with Gasteiger partial charge >= 0.3 is 0 Å². The molecule has 0 saturated heterocycles. The van der Waals surface area contributed by atoms with Crippen molar-refractivity contribution in [3.63, 3.8) is 0 Å². The van der Waals surface area contributed by atoms with Crippen molar-refractivity contribution in [2.24, 2.45) is 10.7 Å². The van der Waals surface area contributed by atoms with Crippen LogP contribution in [0.4, 0.5) is 5.69 Å². The second-order valence-corrected chi connectivity index (χ2v) is 7.26. The number of anilines is 1. The molecule has 2 N–H and O–H groups in total. The summed E-state index contributed by atoms with van der Waals surface area (Å²) in [5, 5.41) is 0.762. The molecule has 0 radical (unpaired) electrons. The van der Waals surface area contributed by atoms with Crippen molar-refractivity contribution >= 4 is 52.1 Å². The predicted molar refractivity (Wildman–Crippen MR) is 116 cm³/mol. The van der Waals surface area contributed by atoms with Crippen molar-refractivity contribution < 1.29 is 19.1 Å². The summed E-state index contributed by atoms with van der Waals surface area (Å²) in [7, 11) is 3.07. The number of aliphatic imine (C=N–C) groups is 1. The lowest BCUT2D eigenvalue weighted by Crippen LogP contribution is -2.31. The Bertz CT molecular complexity index is 1010. The van der Waals surface area contributed by atoms with Crippen molar-refractivity contribution in [1.29, 1.82) is 0 Å². The number of rotatable bonds is 6. The molecule has 1 aliphatic heterocycles. The van der Waals surface area contributed by atoms with Crippen LogP contribution in [0.5, 0.6) is 11.5 Å². The fourth-order valence-corrected chi connectivity index (χ4v) is 3.55. The lowest BCUT2D eigenvalue weighted by molar-refractivity contribution is -0.115. The molecule has 29 heavy (non-hydrogen) atoms. The van der Waals surface area contributed by atoms with E-state index in [-0.39, 0.29) is 17.4 Å². The first kappa shape index (κ1) is 20.8. The van der Waals surface area contributed by atoms with Gasteiger partial charge in [-0.05, 0) is 35.9 Å². The summed E-state index contributed by atoms with van der Waals surface area (Å²) in [6, 6.07) is 12.2. The molecule has 9 heteroatoms. The van der Waals surface area contributed by atoms with Gasteiger partial charge in [0, 0.05) is 6.07 Å². The van der Waals surface area contributed by atoms with Crippen LogP contribution in [0.3, 0.4) is 0 Å². The van der Waals surface area contributed by atoms with Gasteiger partial charge in [0.2, 0.25) is 5.91 Å². The number of amides is 2. The summed E-state index contributed by atoms with van der Waals surface area (Å²) in [4.78, 5) is 30.1. The minimum Gasteiger partial charge on any atom is -0.497 e. The Morgan fingerprint density at radius 1 is 1.21 bits per heavy atom. The van der Waals surface area contributed by atoms with Gasteiger partial charge in [-0.15, -0.1) is 0 Å². The van der Waals surface area contributed by atoms with Crippen molar-refractivity contribution in [3.05, 3.63) is 58.7 Å². The van der Waals surface area contributed by atoms with Gasteiger partial charge in [-0.25, -0.2) is 4.99 Å². The second kappa shape index (κ2) is 9.02. The number of nitrogens with two attached hydrogens (primary N) is 1. The zero-order chi connectivity index (χ0) is 21.0. The van der Waals surface area contributed by atoms with E-state index >= 15 is 0 Å². The number of carbonyl (C=O) groups is 2. The molecule has 0 saturated carbocycles. The first-order valence-electron chi connectivity index (χ1n) is 8.46. The molecule has 2 amide bonds. The topological polar surface area (TPSA) is 94.2 Å². The fourth-order valence-electron chi connectivity index (χ4n) is 2.60. The Balaban J connectivity index is 1.98. The number of amidine groups is 1. The first-order valence-corrected chi connectivity index (χ1v) is 9.83. The van der Waals surface area contributed by atoms with Crippen molar-refractivity contribution in [2.75, 3.05) is 24.9 Å². The molecule has 0 aromatic heterocycles. The van der Waals surface area contributed by atoms with Gasteiger partial charge in [0.1, 0.15) is 17.2 Å². The van der Waals surface area contributed by atoms with Gasteiger partial charge in [0.05, 0.1) is 30.7 Å². The maximum Gasteiger partial charge on any atom is 0.283 e. The van der Waals surface area contributed by atoms with Crippen LogP contribution in [0.2, 0.25) is 5.02 Å². The molecule has 3 rings (SSSR count). The van der Waals surface area contributed by atoms with Crippen LogP contribution in [0.1, 0.15) is 5.56 Å². The average Bonchev–Trinajstić information content (AvgIpc) is 3.02. The molecule has 0 aliphatic carbocycles. The van der Waals surface area contributed by atoms with Crippen LogP contribution < -0.4 is 20.1 Å². The summed E-state index contributed by atoms with van der Waals surface area (Å²) >= 11 is 7.18. The quantitative estimate of drug-likeness (QED) is 0.708. The number of thioether (sulfide) groups is 1. The lowest BCUT2D eigenvalue weighted by Gasteiger charge is -2.18. The van der Waals surface area contributed by atoms with E-state index in [1.54, 1.807) is 43.5 Å². The molecule has 0 fully saturated rings. The van der Waals surface area contributed by atoms with E-state index in [1.807, 2.05) is 12.1 Å². The molecular formula is C20H18ClN3O4S. The van der Waals surface area contributed by atoms with Gasteiger partial charge in [-0.3, -0.25) is 14.5 Å². The number of carbonyl (C=O) groups excluding carboxylic acids is 2. The highest BCUT2D eigenvalue weighted by Crippen LogP contribution is 2.34. The Morgan fingerprint density at radius 3 is 2.55 bits per heavy atom. The largest absolute Gasteiger partial charge is 0.497 e. The molecule has 2 aromatic carbocycles. The van der Waals surface area contributed by atoms with Crippen molar-refractivity contribution in [2.45, 2.75) is 0 Å². The molecule has 1 heterocycles. The van der Waals surface area contributed by atoms with Gasteiger partial charge in [-0.2, -0.15) is 0 Å². The third-order valence-corrected chi connectivity index (χ3v) is 5.26. The number of ether oxygens (including phenoxy) is 2. The van der Waals surface area contributed by atoms with E-state index < -0.39 is 5.91 Å². The Labute approximate surface area is 177 Å². The maximum absolute atomic E-state index is 13.1. The van der Waals surface area contributed by atoms with Gasteiger partial charge in [0.15, 0.2) is 5.17 Å². The molecule has 0 spiro atoms. The van der Waals surface area contributed by atoms with Crippen molar-refractivity contribution in [3.8, 4) is 11.5 Å². The Hall–Kier alpha value is -2.97. The molecule has 150 valence electrons. The molecule has 2 aromatic rings. The van der Waals surface area contributed by atoms with Crippen LogP contribution in [-0.2, 0) is 9.59 Å². The molecule has 7 nitrogen and oxygen atoms in total. The van der Waals surface area contributed by atoms with E-state index in [9.17, 15) is 9.59 Å². The van der Waals surface area contributed by atoms with Crippen LogP contribution in [0, 0.1) is 0 Å². The molecule has 0 bridgehead atoms. The van der Waals surface area contributed by atoms with E-state index in [2.05, 4.69) is 4.99 Å². The van der Waals surface area contributed by atoms with Crippen molar-refractivity contribution in [1.82, 2.24) is 0 Å². The van der Waals surface area contributed by atoms with E-state index in [0.717, 1.165) is 17.3 Å². The third kappa shape index (κ3) is 4.72. The molecule has 0 atom stereocenters. The minimum atomic E-state index is -0.508. The Kier molecular flexibility index (Phi) is 6.46. The highest BCUT2D eigenvalue weighted by molar-refractivity contribution is 8.14. The maximum atomic E-state index is 13.1. The lowest BCUT2D eigenvalue weighted by atomic mass is 10.2. The third-order valence-electron chi connectivity index (χ3n) is 3.99. The van der Waals surface area contributed by atoms with E-state index in [1.165, 1.54) is 12.0 Å². The molecule has 0 unspecified atom stereocenters. The number of primary amides is 1. The van der Waals surface area contributed by atoms with E-state index in [4.69, 9.17) is 26.8 Å². The normalized spacial score (nSPS) is 14.9. The van der Waals surface area contributed by atoms with Crippen LogP contribution in [0.15, 0.2) is 53.2 Å². The van der Waals surface area contributed by atoms with E-state index in [0.29, 0.717) is 27.4 Å². The van der Waals surface area contributed by atoms with Gasteiger partial charge in [0.25, 0.3) is 5.91 Å². The fraction of sp³-hybridized carbons (Fsp3) is 0.150. The zero-order valence-electron chi connectivity index (χ0n) is 15.7. The smallest absolute Gasteiger partial charge is 0.283 e. The number of methoxy groups -OCH3 is 2. The van der Waals surface area contributed by atoms with Crippen LogP contribution >= 0.6 is 23.4 Å². The monoisotopic (exact) mass is 431 g/mol. The minimum absolute atomic E-state index is 0.0108. The summed E-state index contributed by atoms with van der Waals surface area (Å²) < 4.78 is 10.4. The number of halogens is 1. The summed E-state index contributed by atoms with van der Waals surface area (Å²) in [5.41, 5.74) is 6.79. The highest BCUT2D eigenvalue weighted by Gasteiger charge is 2.32. The summed E-state index contributed by atoms with van der Waals surface area (Å²) in [5.74, 6) is 0.275. The number of nitrogens with zero attached hydrogens (tertiary/aromatic N) is 2. The van der Waals surface area contributed by atoms with Crippen LogP contribution in [-0.4, -0.2) is 37.0 Å². The number of hydrogen-bond donors (Lipinski definition) is 1. The Morgan fingerprint density at radius 2 is 1.93 bits per heavy atom. The predicted octanol–water partition coefficient (Wildman–Crippen LogP) is 3.32. The van der Waals surface area contributed by atoms with Gasteiger partial charge in [-0.1, -0.05) is 35.5 Å². The summed E-state index contributed by atoms with van der Waals surface area (Å²) in [6.45, 7) is 0. The number of benzene rings is 2. The summed E-state index contributed by atoms with van der Waals surface area (Å²) in [6.07, 6.45) is 1.67. The molecular weight excluding hydrogens is 414 g/mol. The standard InChI is InChI=1S/C20H18ClN3O4S/c1-27-14-6-3-12(4-7-14)9-16-19(26)24(20(23-16)29-11-18(22)25)13-5-8-15(21)17(10-13)28-2/h3-10H,11H2,1-2H3,(H2,22,25)/b16-9-. The SMILES string of the molecule is COc1ccc(/C=C2\N=C(SCC(N)=O)N(c3ccc(Cl)c(OC)c3)C2=O)cc1. The highest BCUT2D eigenvalue weighted by atomic mass is 35.5. The van der Waals surface area contributed by atoms with Crippen LogP contribution in [0.25, 0.3) is 6.08 Å². The average molecular weight is 432 g/mol. The zero-order valence-corrected chi connectivity index (χ0v) is 17.3.